The van der Waals surface area contributed by atoms with Crippen LogP contribution in [-0.2, 0) is 16.1 Å². The fourth-order valence-electron chi connectivity index (χ4n) is 6.55. The number of fused-ring (bicyclic) bond motifs is 1. The van der Waals surface area contributed by atoms with E-state index in [2.05, 4.69) is 25.2 Å². The van der Waals surface area contributed by atoms with Gasteiger partial charge < -0.3 is 24.8 Å². The number of hydrogen-bond donors (Lipinski definition) is 1. The summed E-state index contributed by atoms with van der Waals surface area (Å²) in [7, 11) is 0. The molecule has 0 saturated carbocycles. The average Bonchev–Trinajstić information content (AvgIpc) is 3.63. The number of carbonyl (C=O) groups excluding carboxylic acids is 2. The molecule has 5 heterocycles. The molecule has 2 unspecified atom stereocenters. The van der Waals surface area contributed by atoms with Crippen LogP contribution in [-0.4, -0.2) is 93.9 Å². The second-order valence-corrected chi connectivity index (χ2v) is 11.9. The van der Waals surface area contributed by atoms with Crippen LogP contribution in [0.5, 0.6) is 0 Å². The number of amides is 2. The summed E-state index contributed by atoms with van der Waals surface area (Å²) in [5, 5.41) is 8.57. The van der Waals surface area contributed by atoms with Crippen molar-refractivity contribution in [3.63, 3.8) is 0 Å². The van der Waals surface area contributed by atoms with E-state index >= 15 is 0 Å². The molecule has 2 atom stereocenters. The van der Waals surface area contributed by atoms with Gasteiger partial charge in [-0.3, -0.25) is 14.3 Å². The van der Waals surface area contributed by atoms with Crippen LogP contribution < -0.4 is 10.2 Å². The Bertz CT molecular complexity index is 1400. The zero-order chi connectivity index (χ0) is 28.5. The Kier molecular flexibility index (Phi) is 7.94. The molecule has 1 N–H and O–H groups in total. The molecule has 2 aromatic heterocycles. The Morgan fingerprint density at radius 3 is 2.49 bits per heavy atom. The Morgan fingerprint density at radius 2 is 1.76 bits per heavy atom. The number of aryl methyl sites for hydroxylation is 1. The SMILES string of the molecule is Cc1cc2nn(CC(=O)N3CCC(N4CCCC4)CC3)cc2cc1NC(=O)c1cccc(N2CC(C)OC(C)C2)n1. The van der Waals surface area contributed by atoms with Gasteiger partial charge in [0.25, 0.3) is 5.91 Å². The molecule has 0 spiro atoms. The molecule has 218 valence electrons. The summed E-state index contributed by atoms with van der Waals surface area (Å²) in [4.78, 5) is 37.7. The lowest BCUT2D eigenvalue weighted by Crippen LogP contribution is -2.46. The van der Waals surface area contributed by atoms with E-state index in [9.17, 15) is 9.59 Å². The first-order valence-corrected chi connectivity index (χ1v) is 15.0. The Balaban J connectivity index is 1.10. The van der Waals surface area contributed by atoms with Gasteiger partial charge in [0, 0.05) is 49.5 Å². The molecular weight excluding hydrogens is 518 g/mol. The number of ether oxygens (including phenoxy) is 1. The number of aromatic nitrogens is 3. The average molecular weight is 560 g/mol. The lowest BCUT2D eigenvalue weighted by atomic mass is 10.0. The van der Waals surface area contributed by atoms with Crippen molar-refractivity contribution in [3.8, 4) is 0 Å². The predicted molar refractivity (Wildman–Crippen MR) is 159 cm³/mol. The minimum atomic E-state index is -0.261. The van der Waals surface area contributed by atoms with Crippen LogP contribution in [0.25, 0.3) is 10.9 Å². The molecule has 3 aliphatic rings. The Morgan fingerprint density at radius 1 is 1.02 bits per heavy atom. The van der Waals surface area contributed by atoms with Gasteiger partial charge in [-0.25, -0.2) is 4.98 Å². The van der Waals surface area contributed by atoms with Crippen LogP contribution in [0, 0.1) is 6.92 Å². The number of nitrogens with one attached hydrogen (secondary N) is 1. The highest BCUT2D eigenvalue weighted by molar-refractivity contribution is 6.04. The number of carbonyl (C=O) groups is 2. The van der Waals surface area contributed by atoms with Gasteiger partial charge in [0.1, 0.15) is 18.1 Å². The van der Waals surface area contributed by atoms with Crippen LogP contribution >= 0.6 is 0 Å². The van der Waals surface area contributed by atoms with E-state index in [1.807, 2.05) is 56.1 Å². The Hall–Kier alpha value is -3.50. The van der Waals surface area contributed by atoms with Crippen molar-refractivity contribution in [1.82, 2.24) is 24.6 Å². The topological polar surface area (TPSA) is 95.8 Å². The summed E-state index contributed by atoms with van der Waals surface area (Å²) in [5.41, 5.74) is 2.77. The molecule has 10 heteroatoms. The van der Waals surface area contributed by atoms with Gasteiger partial charge >= 0.3 is 0 Å². The number of rotatable bonds is 6. The highest BCUT2D eigenvalue weighted by Gasteiger charge is 2.28. The summed E-state index contributed by atoms with van der Waals surface area (Å²) < 4.78 is 7.56. The molecule has 6 rings (SSSR count). The lowest BCUT2D eigenvalue weighted by molar-refractivity contribution is -0.133. The fraction of sp³-hybridized carbons (Fsp3) is 0.548. The normalized spacial score (nSPS) is 22.4. The summed E-state index contributed by atoms with van der Waals surface area (Å²) in [6.07, 6.45) is 6.81. The Labute approximate surface area is 241 Å². The van der Waals surface area contributed by atoms with E-state index < -0.39 is 0 Å². The highest BCUT2D eigenvalue weighted by Crippen LogP contribution is 2.25. The molecule has 1 aromatic carbocycles. The van der Waals surface area contributed by atoms with Crippen molar-refractivity contribution in [2.45, 2.75) is 71.2 Å². The number of hydrogen-bond acceptors (Lipinski definition) is 7. The van der Waals surface area contributed by atoms with Gasteiger partial charge in [-0.2, -0.15) is 5.10 Å². The van der Waals surface area contributed by atoms with E-state index in [0.717, 1.165) is 61.3 Å². The lowest BCUT2D eigenvalue weighted by Gasteiger charge is -2.36. The van der Waals surface area contributed by atoms with Crippen LogP contribution in [0.4, 0.5) is 11.5 Å². The third-order valence-electron chi connectivity index (χ3n) is 8.63. The van der Waals surface area contributed by atoms with Gasteiger partial charge in [0.15, 0.2) is 0 Å². The smallest absolute Gasteiger partial charge is 0.274 e. The number of pyridine rings is 1. The number of morpholine rings is 1. The zero-order valence-corrected chi connectivity index (χ0v) is 24.4. The molecule has 41 heavy (non-hydrogen) atoms. The largest absolute Gasteiger partial charge is 0.372 e. The third kappa shape index (κ3) is 6.23. The molecule has 0 bridgehead atoms. The van der Waals surface area contributed by atoms with Gasteiger partial charge in [0.2, 0.25) is 5.91 Å². The van der Waals surface area contributed by atoms with E-state index in [-0.39, 0.29) is 30.6 Å². The standard InChI is InChI=1S/C31H41N7O3/c1-21-15-28-24(19-38(34-28)20-30(39)36-13-9-25(10-14-36)35-11-4-5-12-35)16-27(21)33-31(40)26-7-6-8-29(32-26)37-17-22(2)41-23(3)18-37/h6-8,15-16,19,22-23,25H,4-5,9-14,17-18,20H2,1-3H3,(H,33,40). The van der Waals surface area contributed by atoms with Crippen LogP contribution in [0.2, 0.25) is 0 Å². The van der Waals surface area contributed by atoms with Crippen molar-refractivity contribution in [2.24, 2.45) is 0 Å². The molecule has 0 radical (unpaired) electrons. The first-order chi connectivity index (χ1) is 19.8. The number of benzene rings is 1. The first-order valence-electron chi connectivity index (χ1n) is 15.0. The highest BCUT2D eigenvalue weighted by atomic mass is 16.5. The molecule has 3 fully saturated rings. The number of nitrogens with zero attached hydrogens (tertiary/aromatic N) is 6. The molecule has 3 aromatic rings. The zero-order valence-electron chi connectivity index (χ0n) is 24.4. The maximum absolute atomic E-state index is 13.2. The van der Waals surface area contributed by atoms with Crippen molar-refractivity contribution in [3.05, 3.63) is 47.8 Å². The van der Waals surface area contributed by atoms with E-state index in [4.69, 9.17) is 4.74 Å². The number of anilines is 2. The molecule has 3 aliphatic heterocycles. The van der Waals surface area contributed by atoms with Crippen LogP contribution in [0.15, 0.2) is 36.5 Å². The summed E-state index contributed by atoms with van der Waals surface area (Å²) >= 11 is 0. The van der Waals surface area contributed by atoms with Gasteiger partial charge in [-0.05, 0) is 89.4 Å². The second kappa shape index (κ2) is 11.8. The van der Waals surface area contributed by atoms with Gasteiger partial charge in [-0.15, -0.1) is 0 Å². The number of likely N-dealkylation sites (tertiary alicyclic amines) is 2. The summed E-state index contributed by atoms with van der Waals surface area (Å²) in [6.45, 7) is 11.8. The van der Waals surface area contributed by atoms with E-state index in [1.54, 1.807) is 10.7 Å². The van der Waals surface area contributed by atoms with E-state index in [0.29, 0.717) is 17.4 Å². The number of piperidine rings is 1. The van der Waals surface area contributed by atoms with Crippen LogP contribution in [0.3, 0.4) is 0 Å². The van der Waals surface area contributed by atoms with Crippen molar-refractivity contribution < 1.29 is 14.3 Å². The predicted octanol–water partition coefficient (Wildman–Crippen LogP) is 3.69. The van der Waals surface area contributed by atoms with Gasteiger partial charge in [0.05, 0.1) is 17.7 Å². The molecule has 2 amide bonds. The van der Waals surface area contributed by atoms with Gasteiger partial charge in [-0.1, -0.05) is 6.07 Å². The molecular formula is C31H41N7O3. The molecule has 3 saturated heterocycles. The first kappa shape index (κ1) is 27.7. The quantitative estimate of drug-likeness (QED) is 0.492. The fourth-order valence-corrected chi connectivity index (χ4v) is 6.55. The van der Waals surface area contributed by atoms with E-state index in [1.165, 1.54) is 25.9 Å². The summed E-state index contributed by atoms with van der Waals surface area (Å²) in [6, 6.07) is 10.0. The van der Waals surface area contributed by atoms with Crippen molar-refractivity contribution >= 4 is 34.2 Å². The molecule has 0 aliphatic carbocycles. The molecule has 10 nitrogen and oxygen atoms in total. The maximum atomic E-state index is 13.2. The van der Waals surface area contributed by atoms with Crippen LogP contribution in [0.1, 0.15) is 55.6 Å². The third-order valence-corrected chi connectivity index (χ3v) is 8.63. The minimum absolute atomic E-state index is 0.107. The monoisotopic (exact) mass is 559 g/mol. The van der Waals surface area contributed by atoms with Crippen molar-refractivity contribution in [1.29, 1.82) is 0 Å². The maximum Gasteiger partial charge on any atom is 0.274 e. The summed E-state index contributed by atoms with van der Waals surface area (Å²) in [5.74, 6) is 0.625. The minimum Gasteiger partial charge on any atom is -0.372 e. The van der Waals surface area contributed by atoms with Crippen molar-refractivity contribution in [2.75, 3.05) is 49.5 Å². The second-order valence-electron chi connectivity index (χ2n) is 11.9.